The average molecular weight is 364 g/mol. The lowest BCUT2D eigenvalue weighted by Crippen LogP contribution is -2.41. The van der Waals surface area contributed by atoms with Gasteiger partial charge < -0.3 is 19.7 Å². The van der Waals surface area contributed by atoms with Gasteiger partial charge in [0.05, 0.1) is 13.0 Å². The quantitative estimate of drug-likeness (QED) is 0.819. The molecule has 0 aromatic carbocycles. The molecule has 2 aromatic rings. The standard InChI is InChI=1S/C15H20N6O3S/c1-23-9-13-19-20-15(25-13)16-14(22)10-4-3-7-21(8-10)11-5-6-12(24-2)18-17-11/h5-6,10H,3-4,7-9H2,1-2H3,(H,16,20,22)/t10-/m1/s1. The van der Waals surface area contributed by atoms with Gasteiger partial charge in [-0.25, -0.2) is 0 Å². The molecule has 10 heteroatoms. The van der Waals surface area contributed by atoms with Crippen LogP contribution < -0.4 is 15.0 Å². The lowest BCUT2D eigenvalue weighted by Gasteiger charge is -2.32. The number of carbonyl (C=O) groups excluding carboxylic acids is 1. The molecule has 3 rings (SSSR count). The molecule has 1 aliphatic rings. The highest BCUT2D eigenvalue weighted by atomic mass is 32.1. The number of nitrogens with one attached hydrogen (secondary N) is 1. The van der Waals surface area contributed by atoms with E-state index < -0.39 is 0 Å². The van der Waals surface area contributed by atoms with E-state index in [9.17, 15) is 4.79 Å². The van der Waals surface area contributed by atoms with Gasteiger partial charge in [-0.15, -0.1) is 20.4 Å². The van der Waals surface area contributed by atoms with Crippen molar-refractivity contribution in [2.24, 2.45) is 5.92 Å². The lowest BCUT2D eigenvalue weighted by molar-refractivity contribution is -0.120. The number of hydrogen-bond acceptors (Lipinski definition) is 9. The molecule has 1 fully saturated rings. The van der Waals surface area contributed by atoms with Crippen LogP contribution in [0.25, 0.3) is 0 Å². The largest absolute Gasteiger partial charge is 0.480 e. The summed E-state index contributed by atoms with van der Waals surface area (Å²) in [6, 6.07) is 3.62. The van der Waals surface area contributed by atoms with Crippen LogP contribution in [0.1, 0.15) is 17.8 Å². The Kier molecular flexibility index (Phi) is 5.71. The van der Waals surface area contributed by atoms with E-state index in [0.717, 1.165) is 30.2 Å². The zero-order valence-electron chi connectivity index (χ0n) is 14.1. The van der Waals surface area contributed by atoms with Crippen LogP contribution in [-0.4, -0.2) is 53.6 Å². The number of carbonyl (C=O) groups is 1. The third-order valence-corrected chi connectivity index (χ3v) is 4.73. The van der Waals surface area contributed by atoms with Crippen molar-refractivity contribution in [2.45, 2.75) is 19.4 Å². The predicted octanol–water partition coefficient (Wildman–Crippen LogP) is 1.34. The Bertz CT molecular complexity index is 708. The highest BCUT2D eigenvalue weighted by Gasteiger charge is 2.27. The summed E-state index contributed by atoms with van der Waals surface area (Å²) in [5.41, 5.74) is 0. The summed E-state index contributed by atoms with van der Waals surface area (Å²) in [5, 5.41) is 20.2. The van der Waals surface area contributed by atoms with Crippen molar-refractivity contribution in [3.63, 3.8) is 0 Å². The van der Waals surface area contributed by atoms with E-state index in [0.29, 0.717) is 24.2 Å². The van der Waals surface area contributed by atoms with Gasteiger partial charge in [-0.2, -0.15) is 0 Å². The van der Waals surface area contributed by atoms with Gasteiger partial charge in [-0.3, -0.25) is 4.79 Å². The lowest BCUT2D eigenvalue weighted by atomic mass is 9.97. The molecule has 1 aliphatic heterocycles. The molecule has 0 radical (unpaired) electrons. The van der Waals surface area contributed by atoms with E-state index in [4.69, 9.17) is 9.47 Å². The summed E-state index contributed by atoms with van der Waals surface area (Å²) in [7, 11) is 3.15. The monoisotopic (exact) mass is 364 g/mol. The zero-order valence-corrected chi connectivity index (χ0v) is 15.0. The third-order valence-electron chi connectivity index (χ3n) is 3.92. The fraction of sp³-hybridized carbons (Fsp3) is 0.533. The zero-order chi connectivity index (χ0) is 17.6. The maximum Gasteiger partial charge on any atom is 0.233 e. The molecule has 25 heavy (non-hydrogen) atoms. The summed E-state index contributed by atoms with van der Waals surface area (Å²) >= 11 is 1.32. The van der Waals surface area contributed by atoms with Crippen molar-refractivity contribution < 1.29 is 14.3 Å². The molecule has 0 unspecified atom stereocenters. The van der Waals surface area contributed by atoms with E-state index in [1.165, 1.54) is 11.3 Å². The highest BCUT2D eigenvalue weighted by molar-refractivity contribution is 7.15. The minimum Gasteiger partial charge on any atom is -0.480 e. The fourth-order valence-electron chi connectivity index (χ4n) is 2.68. The first-order valence-electron chi connectivity index (χ1n) is 7.94. The van der Waals surface area contributed by atoms with Gasteiger partial charge in [-0.05, 0) is 18.9 Å². The number of anilines is 2. The van der Waals surface area contributed by atoms with Gasteiger partial charge in [0.15, 0.2) is 5.82 Å². The van der Waals surface area contributed by atoms with E-state index >= 15 is 0 Å². The summed E-state index contributed by atoms with van der Waals surface area (Å²) in [6.07, 6.45) is 1.74. The van der Waals surface area contributed by atoms with Crippen LogP contribution >= 0.6 is 11.3 Å². The number of amides is 1. The van der Waals surface area contributed by atoms with Crippen molar-refractivity contribution in [1.29, 1.82) is 0 Å². The number of methoxy groups -OCH3 is 2. The summed E-state index contributed by atoms with van der Waals surface area (Å²) in [6.45, 7) is 1.83. The predicted molar refractivity (Wildman–Crippen MR) is 92.8 cm³/mol. The molecule has 0 bridgehead atoms. The molecule has 1 N–H and O–H groups in total. The van der Waals surface area contributed by atoms with Crippen molar-refractivity contribution in [3.8, 4) is 5.88 Å². The molecule has 1 amide bonds. The molecule has 9 nitrogen and oxygen atoms in total. The number of aromatic nitrogens is 4. The third kappa shape index (κ3) is 4.40. The van der Waals surface area contributed by atoms with Crippen molar-refractivity contribution in [3.05, 3.63) is 17.1 Å². The van der Waals surface area contributed by atoms with Gasteiger partial charge in [0.25, 0.3) is 0 Å². The van der Waals surface area contributed by atoms with Gasteiger partial charge in [0.1, 0.15) is 11.6 Å². The van der Waals surface area contributed by atoms with Crippen LogP contribution in [0, 0.1) is 5.92 Å². The Morgan fingerprint density at radius 2 is 2.20 bits per heavy atom. The van der Waals surface area contributed by atoms with Gasteiger partial charge in [-0.1, -0.05) is 11.3 Å². The van der Waals surface area contributed by atoms with Crippen LogP contribution in [0.5, 0.6) is 5.88 Å². The number of piperidine rings is 1. The van der Waals surface area contributed by atoms with E-state index in [1.807, 2.05) is 6.07 Å². The first-order chi connectivity index (χ1) is 12.2. The second-order valence-electron chi connectivity index (χ2n) is 5.64. The molecule has 134 valence electrons. The van der Waals surface area contributed by atoms with Crippen LogP contribution in [0.15, 0.2) is 12.1 Å². The molecular formula is C15H20N6O3S. The highest BCUT2D eigenvalue weighted by Crippen LogP contribution is 2.24. The Labute approximate surface area is 149 Å². The minimum atomic E-state index is -0.132. The maximum atomic E-state index is 12.5. The van der Waals surface area contributed by atoms with Gasteiger partial charge in [0.2, 0.25) is 16.9 Å². The summed E-state index contributed by atoms with van der Waals surface area (Å²) in [4.78, 5) is 14.6. The van der Waals surface area contributed by atoms with Crippen molar-refractivity contribution in [2.75, 3.05) is 37.5 Å². The van der Waals surface area contributed by atoms with Crippen molar-refractivity contribution >= 4 is 28.2 Å². The molecule has 2 aromatic heterocycles. The second-order valence-corrected chi connectivity index (χ2v) is 6.70. The van der Waals surface area contributed by atoms with E-state index in [-0.39, 0.29) is 11.8 Å². The number of rotatable bonds is 6. The average Bonchev–Trinajstić information content (AvgIpc) is 3.09. The Hall–Kier alpha value is -2.33. The number of ether oxygens (including phenoxy) is 2. The molecule has 0 spiro atoms. The summed E-state index contributed by atoms with van der Waals surface area (Å²) in [5.74, 6) is 1.04. The topological polar surface area (TPSA) is 102 Å². The van der Waals surface area contributed by atoms with Crippen LogP contribution in [0.2, 0.25) is 0 Å². The molecule has 1 saturated heterocycles. The molecule has 0 saturated carbocycles. The molecule has 1 atom stereocenters. The van der Waals surface area contributed by atoms with Crippen LogP contribution in [-0.2, 0) is 16.1 Å². The Morgan fingerprint density at radius 1 is 1.32 bits per heavy atom. The second kappa shape index (κ2) is 8.17. The van der Waals surface area contributed by atoms with Gasteiger partial charge in [0, 0.05) is 26.3 Å². The fourth-order valence-corrected chi connectivity index (χ4v) is 3.40. The summed E-state index contributed by atoms with van der Waals surface area (Å²) < 4.78 is 10.0. The SMILES string of the molecule is COCc1nnc(NC(=O)[C@@H]2CCCN(c3ccc(OC)nn3)C2)s1. The Balaban J connectivity index is 1.60. The van der Waals surface area contributed by atoms with Crippen LogP contribution in [0.4, 0.5) is 10.9 Å². The first kappa shape index (κ1) is 17.5. The molecule has 0 aliphatic carbocycles. The van der Waals surface area contributed by atoms with Crippen molar-refractivity contribution in [1.82, 2.24) is 20.4 Å². The normalized spacial score (nSPS) is 17.4. The molecular weight excluding hydrogens is 344 g/mol. The minimum absolute atomic E-state index is 0.0497. The smallest absolute Gasteiger partial charge is 0.233 e. The first-order valence-corrected chi connectivity index (χ1v) is 8.76. The van der Waals surface area contributed by atoms with E-state index in [2.05, 4.69) is 30.6 Å². The maximum absolute atomic E-state index is 12.5. The Morgan fingerprint density at radius 3 is 2.92 bits per heavy atom. The van der Waals surface area contributed by atoms with Crippen LogP contribution in [0.3, 0.4) is 0 Å². The van der Waals surface area contributed by atoms with Gasteiger partial charge >= 0.3 is 0 Å². The van der Waals surface area contributed by atoms with E-state index in [1.54, 1.807) is 20.3 Å². The number of hydrogen-bond donors (Lipinski definition) is 1. The molecule has 3 heterocycles. The number of nitrogens with zero attached hydrogens (tertiary/aromatic N) is 5.